The van der Waals surface area contributed by atoms with Crippen molar-refractivity contribution in [1.29, 1.82) is 0 Å². The van der Waals surface area contributed by atoms with Gasteiger partial charge in [0.25, 0.3) is 0 Å². The maximum absolute atomic E-state index is 12.0. The van der Waals surface area contributed by atoms with E-state index in [9.17, 15) is 15.0 Å². The highest BCUT2D eigenvalue weighted by Crippen LogP contribution is 2.61. The molecule has 0 heterocycles. The molecule has 0 spiro atoms. The van der Waals surface area contributed by atoms with Crippen LogP contribution in [0.2, 0.25) is 0 Å². The average Bonchev–Trinajstić information content (AvgIpc) is 3.01. The number of fused-ring (bicyclic) bond motifs is 1. The van der Waals surface area contributed by atoms with Crippen LogP contribution in [-0.2, 0) is 4.79 Å². The second-order valence-corrected chi connectivity index (χ2v) is 12.0. The van der Waals surface area contributed by atoms with Gasteiger partial charge in [0, 0.05) is 5.92 Å². The summed E-state index contributed by atoms with van der Waals surface area (Å²) in [6.07, 6.45) is 14.8. The van der Waals surface area contributed by atoms with E-state index in [0.717, 1.165) is 51.2 Å². The molecular weight excluding hydrogens is 372 g/mol. The fourth-order valence-electron chi connectivity index (χ4n) is 7.61. The second-order valence-electron chi connectivity index (χ2n) is 12.0. The minimum Gasteiger partial charge on any atom is -0.390 e. The first-order chi connectivity index (χ1) is 14.0. The van der Waals surface area contributed by atoms with Crippen LogP contribution in [0.15, 0.2) is 11.6 Å². The Morgan fingerprint density at radius 3 is 2.50 bits per heavy atom. The fraction of sp³-hybridized carbons (Fsp3) is 0.889. The van der Waals surface area contributed by atoms with Crippen molar-refractivity contribution in [2.24, 2.45) is 35.0 Å². The highest BCUT2D eigenvalue weighted by molar-refractivity contribution is 5.67. The summed E-state index contributed by atoms with van der Waals surface area (Å²) in [7, 11) is 0. The van der Waals surface area contributed by atoms with Crippen LogP contribution in [0.4, 0.5) is 0 Å². The van der Waals surface area contributed by atoms with Crippen molar-refractivity contribution in [1.82, 2.24) is 0 Å². The summed E-state index contributed by atoms with van der Waals surface area (Å²) in [4.78, 5) is 11.6. The van der Waals surface area contributed by atoms with Gasteiger partial charge < -0.3 is 10.2 Å². The minimum absolute atomic E-state index is 0.147. The molecule has 3 rings (SSSR count). The number of allylic oxidation sites excluding steroid dienone is 1. The van der Waals surface area contributed by atoms with Gasteiger partial charge in [0.05, 0.1) is 11.2 Å². The predicted molar refractivity (Wildman–Crippen MR) is 123 cm³/mol. The Morgan fingerprint density at radius 2 is 1.87 bits per heavy atom. The van der Waals surface area contributed by atoms with E-state index in [0.29, 0.717) is 23.7 Å². The van der Waals surface area contributed by atoms with Crippen LogP contribution in [0.5, 0.6) is 0 Å². The van der Waals surface area contributed by atoms with Gasteiger partial charge in [-0.15, -0.1) is 0 Å². The molecule has 30 heavy (non-hydrogen) atoms. The monoisotopic (exact) mass is 418 g/mol. The zero-order valence-electron chi connectivity index (χ0n) is 20.1. The first-order valence-corrected chi connectivity index (χ1v) is 12.6. The third-order valence-corrected chi connectivity index (χ3v) is 9.57. The third kappa shape index (κ3) is 4.58. The number of aliphatic hydroxyl groups is 2. The van der Waals surface area contributed by atoms with Crippen molar-refractivity contribution in [2.45, 2.75) is 116 Å². The lowest BCUT2D eigenvalue weighted by Gasteiger charge is -2.53. The van der Waals surface area contributed by atoms with E-state index in [2.05, 4.69) is 20.8 Å². The molecule has 0 amide bonds. The molecule has 3 saturated carbocycles. The van der Waals surface area contributed by atoms with E-state index in [4.69, 9.17) is 0 Å². The summed E-state index contributed by atoms with van der Waals surface area (Å²) in [5, 5.41) is 22.0. The molecule has 0 aromatic rings. The highest BCUT2D eigenvalue weighted by Gasteiger charge is 2.57. The SMILES string of the molecule is CC(CCCC(C)(C)O)C1CCC2/C(=C/C=O)C(C3(C)CCCCC3C)CCC21O. The summed E-state index contributed by atoms with van der Waals surface area (Å²) < 4.78 is 0. The van der Waals surface area contributed by atoms with Crippen molar-refractivity contribution in [3.8, 4) is 0 Å². The van der Waals surface area contributed by atoms with Crippen LogP contribution in [0.1, 0.15) is 105 Å². The number of hydrogen-bond donors (Lipinski definition) is 2. The lowest BCUT2D eigenvalue weighted by molar-refractivity contribution is -0.104. The maximum atomic E-state index is 12.0. The van der Waals surface area contributed by atoms with E-state index in [1.165, 1.54) is 31.3 Å². The number of rotatable bonds is 7. The normalized spacial score (nSPS) is 42.2. The first kappa shape index (κ1) is 24.0. The Morgan fingerprint density at radius 1 is 1.13 bits per heavy atom. The molecule has 7 unspecified atom stereocenters. The quantitative estimate of drug-likeness (QED) is 0.389. The molecule has 0 radical (unpaired) electrons. The highest BCUT2D eigenvalue weighted by atomic mass is 16.3. The largest absolute Gasteiger partial charge is 0.390 e. The van der Waals surface area contributed by atoms with Crippen molar-refractivity contribution >= 4 is 6.29 Å². The van der Waals surface area contributed by atoms with Gasteiger partial charge in [-0.3, -0.25) is 4.79 Å². The summed E-state index contributed by atoms with van der Waals surface area (Å²) in [5.74, 6) is 2.01. The second kappa shape index (κ2) is 9.06. The average molecular weight is 419 g/mol. The van der Waals surface area contributed by atoms with Gasteiger partial charge in [-0.1, -0.05) is 58.4 Å². The fourth-order valence-corrected chi connectivity index (χ4v) is 7.61. The summed E-state index contributed by atoms with van der Waals surface area (Å²) in [6, 6.07) is 0. The van der Waals surface area contributed by atoms with Crippen molar-refractivity contribution < 1.29 is 15.0 Å². The molecule has 3 aliphatic carbocycles. The molecule has 0 aliphatic heterocycles. The van der Waals surface area contributed by atoms with Crippen LogP contribution >= 0.6 is 0 Å². The molecule has 3 fully saturated rings. The first-order valence-electron chi connectivity index (χ1n) is 12.6. The molecule has 172 valence electrons. The molecule has 3 aliphatic rings. The number of carbonyl (C=O) groups excluding carboxylic acids is 1. The number of carbonyl (C=O) groups is 1. The van der Waals surface area contributed by atoms with Gasteiger partial charge in [0.15, 0.2) is 0 Å². The van der Waals surface area contributed by atoms with E-state index in [1.807, 2.05) is 19.9 Å². The van der Waals surface area contributed by atoms with Crippen LogP contribution in [0.3, 0.4) is 0 Å². The molecule has 0 bridgehead atoms. The summed E-state index contributed by atoms with van der Waals surface area (Å²) in [5.41, 5.74) is 0.249. The van der Waals surface area contributed by atoms with Crippen LogP contribution in [0.25, 0.3) is 0 Å². The van der Waals surface area contributed by atoms with Gasteiger partial charge in [-0.2, -0.15) is 0 Å². The van der Waals surface area contributed by atoms with Gasteiger partial charge in [-0.25, -0.2) is 0 Å². The van der Waals surface area contributed by atoms with Crippen molar-refractivity contribution in [3.63, 3.8) is 0 Å². The van der Waals surface area contributed by atoms with E-state index >= 15 is 0 Å². The van der Waals surface area contributed by atoms with Crippen LogP contribution in [0, 0.1) is 35.0 Å². The minimum atomic E-state index is -0.659. The molecule has 3 nitrogen and oxygen atoms in total. The van der Waals surface area contributed by atoms with Crippen molar-refractivity contribution in [2.75, 3.05) is 0 Å². The topological polar surface area (TPSA) is 57.5 Å². The Bertz CT molecular complexity index is 633. The van der Waals surface area contributed by atoms with Crippen molar-refractivity contribution in [3.05, 3.63) is 11.6 Å². The molecule has 7 atom stereocenters. The van der Waals surface area contributed by atoms with Crippen LogP contribution < -0.4 is 0 Å². The Kier molecular flexibility index (Phi) is 7.24. The zero-order chi connectivity index (χ0) is 22.2. The van der Waals surface area contributed by atoms with E-state index < -0.39 is 11.2 Å². The Labute approximate surface area is 184 Å². The lowest BCUT2D eigenvalue weighted by Crippen LogP contribution is -2.51. The summed E-state index contributed by atoms with van der Waals surface area (Å²) >= 11 is 0. The molecule has 0 saturated heterocycles. The van der Waals surface area contributed by atoms with E-state index in [1.54, 1.807) is 0 Å². The van der Waals surface area contributed by atoms with Crippen LogP contribution in [-0.4, -0.2) is 27.7 Å². The van der Waals surface area contributed by atoms with Gasteiger partial charge in [0.2, 0.25) is 0 Å². The standard InChI is InChI=1S/C27H46O3/c1-19(9-8-15-25(3,4)29)22-11-12-24-21(14-18-28)23(13-17-27(22,24)30)26(5)16-7-6-10-20(26)2/h14,18-20,22-24,29-30H,6-13,15-17H2,1-5H3/b21-14+. The maximum Gasteiger partial charge on any atom is 0.142 e. The van der Waals surface area contributed by atoms with Gasteiger partial charge >= 0.3 is 0 Å². The molecule has 3 heteroatoms. The molecule has 0 aromatic heterocycles. The van der Waals surface area contributed by atoms with E-state index in [-0.39, 0.29) is 11.3 Å². The Hall–Kier alpha value is -0.670. The Balaban J connectivity index is 1.78. The lowest BCUT2D eigenvalue weighted by atomic mass is 9.53. The number of hydrogen-bond acceptors (Lipinski definition) is 3. The van der Waals surface area contributed by atoms with Gasteiger partial charge in [-0.05, 0) is 87.5 Å². The molecular formula is C27H46O3. The third-order valence-electron chi connectivity index (χ3n) is 9.57. The summed E-state index contributed by atoms with van der Waals surface area (Å²) in [6.45, 7) is 10.9. The number of aldehydes is 1. The molecule has 0 aromatic carbocycles. The smallest absolute Gasteiger partial charge is 0.142 e. The zero-order valence-corrected chi connectivity index (χ0v) is 20.1. The predicted octanol–water partition coefficient (Wildman–Crippen LogP) is 6.07. The van der Waals surface area contributed by atoms with Gasteiger partial charge in [0.1, 0.15) is 6.29 Å². The molecule has 2 N–H and O–H groups in total.